The lowest BCUT2D eigenvalue weighted by molar-refractivity contribution is 0.175. The number of aromatic nitrogens is 1. The molecule has 1 heterocycles. The number of rotatable bonds is 2. The van der Waals surface area contributed by atoms with Crippen molar-refractivity contribution in [2.45, 2.75) is 37.7 Å². The Hall–Kier alpha value is -0.610. The Balaban J connectivity index is 2.21. The fourth-order valence-electron chi connectivity index (χ4n) is 2.07. The molecule has 0 amide bonds. The van der Waals surface area contributed by atoms with Gasteiger partial charge in [-0.05, 0) is 19.3 Å². The van der Waals surface area contributed by atoms with Gasteiger partial charge in [-0.1, -0.05) is 18.3 Å². The molecule has 1 aromatic rings. The Kier molecular flexibility index (Phi) is 2.49. The van der Waals surface area contributed by atoms with Crippen LogP contribution in [0.25, 0.3) is 0 Å². The van der Waals surface area contributed by atoms with Crippen LogP contribution in [0.2, 0.25) is 0 Å². The van der Waals surface area contributed by atoms with Gasteiger partial charge in [0.1, 0.15) is 0 Å². The smallest absolute Gasteiger partial charge is 0.273 e. The maximum Gasteiger partial charge on any atom is 0.273 e. The highest BCUT2D eigenvalue weighted by atomic mass is 32.1. The molecule has 2 atom stereocenters. The first-order valence-electron chi connectivity index (χ1n) is 4.82. The van der Waals surface area contributed by atoms with Crippen molar-refractivity contribution in [1.82, 2.24) is 4.98 Å². The molecular formula is C10H15NO2S. The molecule has 0 aromatic carbocycles. The summed E-state index contributed by atoms with van der Waals surface area (Å²) in [5.74, 6) is 0. The molecule has 2 rings (SSSR count). The van der Waals surface area contributed by atoms with Gasteiger partial charge in [0.25, 0.3) is 5.19 Å². The molecule has 1 aromatic heterocycles. The van der Waals surface area contributed by atoms with Gasteiger partial charge in [0.05, 0.1) is 18.9 Å². The molecule has 14 heavy (non-hydrogen) atoms. The van der Waals surface area contributed by atoms with Crippen LogP contribution in [0.15, 0.2) is 5.38 Å². The highest BCUT2D eigenvalue weighted by Crippen LogP contribution is 2.41. The minimum Gasteiger partial charge on any atom is -0.473 e. The van der Waals surface area contributed by atoms with Crippen LogP contribution in [0.3, 0.4) is 0 Å². The first-order chi connectivity index (χ1) is 6.64. The molecule has 1 N–H and O–H groups in total. The number of thiazole rings is 1. The highest BCUT2D eigenvalue weighted by molar-refractivity contribution is 7.11. The number of ether oxygens (including phenoxy) is 1. The number of nitrogens with zero attached hydrogens (tertiary/aromatic N) is 1. The highest BCUT2D eigenvalue weighted by Gasteiger charge is 2.37. The van der Waals surface area contributed by atoms with E-state index in [-0.39, 0.29) is 11.5 Å². The van der Waals surface area contributed by atoms with Crippen LogP contribution in [0.4, 0.5) is 0 Å². The topological polar surface area (TPSA) is 42.4 Å². The van der Waals surface area contributed by atoms with E-state index in [1.54, 1.807) is 7.11 Å². The summed E-state index contributed by atoms with van der Waals surface area (Å²) in [5.41, 5.74) is 1.11. The summed E-state index contributed by atoms with van der Waals surface area (Å²) in [4.78, 5) is 4.40. The molecule has 1 aliphatic carbocycles. The van der Waals surface area contributed by atoms with Crippen molar-refractivity contribution >= 4 is 11.3 Å². The van der Waals surface area contributed by atoms with Gasteiger partial charge in [-0.15, -0.1) is 0 Å². The second-order valence-corrected chi connectivity index (χ2v) is 4.98. The van der Waals surface area contributed by atoms with Crippen molar-refractivity contribution in [3.8, 4) is 5.19 Å². The average Bonchev–Trinajstić information content (AvgIpc) is 2.73. The van der Waals surface area contributed by atoms with Gasteiger partial charge >= 0.3 is 0 Å². The van der Waals surface area contributed by atoms with E-state index >= 15 is 0 Å². The Labute approximate surface area is 87.7 Å². The van der Waals surface area contributed by atoms with Crippen LogP contribution in [0, 0.1) is 0 Å². The van der Waals surface area contributed by atoms with Gasteiger partial charge < -0.3 is 9.84 Å². The standard InChI is InChI=1S/C10H15NO2S/c1-10(4-3-7(12)5-10)8-6-14-9(11-8)13-2/h6-7,12H,3-5H2,1-2H3. The zero-order valence-corrected chi connectivity index (χ0v) is 9.30. The van der Waals surface area contributed by atoms with Crippen molar-refractivity contribution in [2.75, 3.05) is 7.11 Å². The van der Waals surface area contributed by atoms with E-state index in [9.17, 15) is 5.11 Å². The molecule has 2 unspecified atom stereocenters. The zero-order chi connectivity index (χ0) is 10.2. The molecule has 78 valence electrons. The number of methoxy groups -OCH3 is 1. The van der Waals surface area contributed by atoms with E-state index in [0.29, 0.717) is 5.19 Å². The van der Waals surface area contributed by atoms with E-state index in [1.165, 1.54) is 11.3 Å². The van der Waals surface area contributed by atoms with E-state index in [4.69, 9.17) is 4.74 Å². The van der Waals surface area contributed by atoms with Crippen LogP contribution < -0.4 is 4.74 Å². The molecule has 0 aliphatic heterocycles. The van der Waals surface area contributed by atoms with Crippen LogP contribution in [-0.2, 0) is 5.41 Å². The molecule has 3 nitrogen and oxygen atoms in total. The average molecular weight is 213 g/mol. The van der Waals surface area contributed by atoms with Crippen LogP contribution >= 0.6 is 11.3 Å². The van der Waals surface area contributed by atoms with Gasteiger partial charge in [-0.2, -0.15) is 0 Å². The maximum absolute atomic E-state index is 9.53. The first-order valence-corrected chi connectivity index (χ1v) is 5.70. The summed E-state index contributed by atoms with van der Waals surface area (Å²) in [7, 11) is 1.63. The minimum atomic E-state index is -0.160. The maximum atomic E-state index is 9.53. The summed E-state index contributed by atoms with van der Waals surface area (Å²) in [5, 5.41) is 12.3. The van der Waals surface area contributed by atoms with Crippen LogP contribution in [-0.4, -0.2) is 23.3 Å². The number of aliphatic hydroxyl groups excluding tert-OH is 1. The lowest BCUT2D eigenvalue weighted by Crippen LogP contribution is -2.19. The van der Waals surface area contributed by atoms with Gasteiger partial charge in [0, 0.05) is 10.8 Å². The molecular weight excluding hydrogens is 198 g/mol. The van der Waals surface area contributed by atoms with Crippen molar-refractivity contribution in [3.63, 3.8) is 0 Å². The predicted molar refractivity (Wildman–Crippen MR) is 55.9 cm³/mol. The van der Waals surface area contributed by atoms with Crippen molar-refractivity contribution in [3.05, 3.63) is 11.1 Å². The summed E-state index contributed by atoms with van der Waals surface area (Å²) >= 11 is 1.52. The molecule has 0 spiro atoms. The SMILES string of the molecule is COc1nc(C2(C)CCC(O)C2)cs1. The summed E-state index contributed by atoms with van der Waals surface area (Å²) in [6.07, 6.45) is 2.56. The first kappa shape index (κ1) is 9.93. The van der Waals surface area contributed by atoms with E-state index < -0.39 is 0 Å². The number of hydrogen-bond acceptors (Lipinski definition) is 4. The summed E-state index contributed by atoms with van der Waals surface area (Å²) in [6, 6.07) is 0. The Morgan fingerprint density at radius 3 is 3.00 bits per heavy atom. The second-order valence-electron chi connectivity index (χ2n) is 4.16. The van der Waals surface area contributed by atoms with Crippen molar-refractivity contribution in [2.24, 2.45) is 0 Å². The Morgan fingerprint density at radius 2 is 2.50 bits per heavy atom. The van der Waals surface area contributed by atoms with E-state index in [2.05, 4.69) is 11.9 Å². The van der Waals surface area contributed by atoms with Gasteiger partial charge in [0.15, 0.2) is 0 Å². The third-order valence-corrected chi connectivity index (χ3v) is 3.79. The summed E-state index contributed by atoms with van der Waals surface area (Å²) in [6.45, 7) is 2.16. The van der Waals surface area contributed by atoms with Crippen molar-refractivity contribution < 1.29 is 9.84 Å². The fourth-order valence-corrected chi connectivity index (χ4v) is 2.87. The van der Waals surface area contributed by atoms with E-state index in [1.807, 2.05) is 5.38 Å². The second kappa shape index (κ2) is 3.51. The number of hydrogen-bond donors (Lipinski definition) is 1. The lowest BCUT2D eigenvalue weighted by Gasteiger charge is -2.20. The Bertz CT molecular complexity index is 326. The predicted octanol–water partition coefficient (Wildman–Crippen LogP) is 1.95. The van der Waals surface area contributed by atoms with Gasteiger partial charge in [-0.25, -0.2) is 4.98 Å². The lowest BCUT2D eigenvalue weighted by atomic mass is 9.86. The van der Waals surface area contributed by atoms with Gasteiger partial charge in [-0.3, -0.25) is 0 Å². The molecule has 1 aliphatic rings. The third kappa shape index (κ3) is 1.64. The molecule has 0 bridgehead atoms. The number of aliphatic hydroxyl groups is 1. The Morgan fingerprint density at radius 1 is 1.71 bits per heavy atom. The van der Waals surface area contributed by atoms with Crippen LogP contribution in [0.5, 0.6) is 5.19 Å². The molecule has 4 heteroatoms. The quantitative estimate of drug-likeness (QED) is 0.816. The van der Waals surface area contributed by atoms with Crippen LogP contribution in [0.1, 0.15) is 31.9 Å². The largest absolute Gasteiger partial charge is 0.473 e. The fraction of sp³-hybridized carbons (Fsp3) is 0.700. The monoisotopic (exact) mass is 213 g/mol. The zero-order valence-electron chi connectivity index (χ0n) is 8.49. The van der Waals surface area contributed by atoms with Crippen molar-refractivity contribution in [1.29, 1.82) is 0 Å². The molecule has 1 saturated carbocycles. The van der Waals surface area contributed by atoms with E-state index in [0.717, 1.165) is 25.0 Å². The minimum absolute atomic E-state index is 0.0483. The molecule has 0 radical (unpaired) electrons. The summed E-state index contributed by atoms with van der Waals surface area (Å²) < 4.78 is 5.07. The molecule has 1 fully saturated rings. The van der Waals surface area contributed by atoms with Gasteiger partial charge in [0.2, 0.25) is 0 Å². The third-order valence-electron chi connectivity index (χ3n) is 2.99. The normalized spacial score (nSPS) is 32.1. The molecule has 0 saturated heterocycles.